The van der Waals surface area contributed by atoms with Crippen LogP contribution in [0.4, 0.5) is 0 Å². The van der Waals surface area contributed by atoms with Crippen LogP contribution in [0.2, 0.25) is 0 Å². The van der Waals surface area contributed by atoms with Gasteiger partial charge in [0.1, 0.15) is 60.3 Å². The van der Waals surface area contributed by atoms with Crippen molar-refractivity contribution in [2.45, 2.75) is 74.3 Å². The first-order valence-electron chi connectivity index (χ1n) is 23.8. The van der Waals surface area contributed by atoms with Gasteiger partial charge in [-0.25, -0.2) is 4.98 Å². The molecule has 4 aromatic carbocycles. The van der Waals surface area contributed by atoms with E-state index in [4.69, 9.17) is 28.9 Å². The van der Waals surface area contributed by atoms with Gasteiger partial charge in [0.25, 0.3) is 0 Å². The summed E-state index contributed by atoms with van der Waals surface area (Å²) in [7, 11) is 0. The minimum atomic E-state index is -1.63. The standard InChI is InChI=1S/C56H52N4O12/c61-27-43-49(63)51(65)53(67)55(71-43)69-33-15-7-13-31(25-33)47-39-21-19-37(58-39)45(29-9-3-1-4-10-29)35-17-18-36(57-35)46(30-11-5-2-6-12-30)38-20-22-40(59-38)48(42-24-23-41(47)60-42)32-14-8-16-34(26-32)70-56-54(68)52(66)50(64)44(28-62)72-56/h1-22,25-26,43-44,49-56,58-59,61-68H,23-24,27-28H2/t43-,44-,49-,50-,51+,52+,53-,54-,55-,56-/m1/s1. The van der Waals surface area contributed by atoms with Gasteiger partial charge in [0.2, 0.25) is 12.6 Å². The summed E-state index contributed by atoms with van der Waals surface area (Å²) in [5.74, 6) is 0.563. The number of aromatic nitrogens is 4. The molecule has 8 bridgehead atoms. The van der Waals surface area contributed by atoms with Crippen LogP contribution in [0.25, 0.3) is 78.7 Å². The van der Waals surface area contributed by atoms with Gasteiger partial charge in [-0.15, -0.1) is 0 Å². The number of ether oxygens (including phenoxy) is 4. The van der Waals surface area contributed by atoms with Crippen molar-refractivity contribution < 1.29 is 59.8 Å². The molecule has 10 atom stereocenters. The fourth-order valence-corrected chi connectivity index (χ4v) is 9.98. The Morgan fingerprint density at radius 2 is 0.819 bits per heavy atom. The van der Waals surface area contributed by atoms with E-state index in [0.29, 0.717) is 24.0 Å². The van der Waals surface area contributed by atoms with E-state index < -0.39 is 74.6 Å². The first-order chi connectivity index (χ1) is 35.1. The molecule has 72 heavy (non-hydrogen) atoms. The number of aromatic amines is 2. The quantitative estimate of drug-likeness (QED) is 0.0836. The number of fused-ring (bicyclic) bond motifs is 8. The van der Waals surface area contributed by atoms with E-state index >= 15 is 0 Å². The van der Waals surface area contributed by atoms with Gasteiger partial charge in [-0.1, -0.05) is 84.9 Å². The second-order valence-corrected chi connectivity index (χ2v) is 18.2. The predicted octanol–water partition coefficient (Wildman–Crippen LogP) is 5.30. The van der Waals surface area contributed by atoms with E-state index in [1.165, 1.54) is 0 Å². The smallest absolute Gasteiger partial charge is 0.229 e. The lowest BCUT2D eigenvalue weighted by atomic mass is 9.99. The summed E-state index contributed by atoms with van der Waals surface area (Å²) < 4.78 is 23.7. The van der Waals surface area contributed by atoms with Crippen LogP contribution in [0.5, 0.6) is 11.5 Å². The lowest BCUT2D eigenvalue weighted by Gasteiger charge is -2.39. The molecule has 0 amide bonds. The summed E-state index contributed by atoms with van der Waals surface area (Å²) in [5, 5.41) is 83.5. The molecule has 0 radical (unpaired) electrons. The number of nitrogens with one attached hydrogen (secondary N) is 2. The van der Waals surface area contributed by atoms with E-state index in [1.807, 2.05) is 84.9 Å². The minimum absolute atomic E-state index is 0.281. The lowest BCUT2D eigenvalue weighted by molar-refractivity contribution is -0.277. The molecular formula is C56H52N4O12. The number of benzene rings is 4. The van der Waals surface area contributed by atoms with Crippen LogP contribution in [0.1, 0.15) is 22.8 Å². The van der Waals surface area contributed by atoms with Crippen molar-refractivity contribution in [3.63, 3.8) is 0 Å². The maximum absolute atomic E-state index is 10.9. The summed E-state index contributed by atoms with van der Waals surface area (Å²) in [4.78, 5) is 18.3. The number of nitrogens with zero attached hydrogens (tertiary/aromatic N) is 2. The molecule has 2 fully saturated rings. The maximum atomic E-state index is 10.9. The van der Waals surface area contributed by atoms with Crippen molar-refractivity contribution in [3.8, 4) is 56.0 Å². The van der Waals surface area contributed by atoms with Crippen molar-refractivity contribution in [1.82, 2.24) is 19.9 Å². The molecule has 2 saturated heterocycles. The molecule has 7 heterocycles. The Labute approximate surface area is 412 Å². The third kappa shape index (κ3) is 8.88. The first-order valence-corrected chi connectivity index (χ1v) is 23.8. The highest BCUT2D eigenvalue weighted by Gasteiger charge is 2.46. The highest BCUT2D eigenvalue weighted by molar-refractivity contribution is 5.97. The van der Waals surface area contributed by atoms with Crippen LogP contribution in [-0.4, -0.2) is 135 Å². The van der Waals surface area contributed by atoms with E-state index in [-0.39, 0.29) is 11.5 Å². The second-order valence-electron chi connectivity index (χ2n) is 18.2. The number of H-pyrrole nitrogens is 2. The molecule has 0 spiro atoms. The van der Waals surface area contributed by atoms with Crippen molar-refractivity contribution in [2.24, 2.45) is 0 Å². The first kappa shape index (κ1) is 47.3. The molecular weight excluding hydrogens is 921 g/mol. The highest BCUT2D eigenvalue weighted by Crippen LogP contribution is 2.40. The van der Waals surface area contributed by atoms with Crippen molar-refractivity contribution in [1.29, 1.82) is 0 Å². The van der Waals surface area contributed by atoms with Gasteiger partial charge in [-0.3, -0.25) is 4.98 Å². The van der Waals surface area contributed by atoms with E-state index in [1.54, 1.807) is 36.4 Å². The zero-order chi connectivity index (χ0) is 49.6. The lowest BCUT2D eigenvalue weighted by Crippen LogP contribution is -2.60. The zero-order valence-electron chi connectivity index (χ0n) is 38.6. The average Bonchev–Trinajstić information content (AvgIpc) is 4.26. The van der Waals surface area contributed by atoms with Crippen LogP contribution in [-0.2, 0) is 22.3 Å². The predicted molar refractivity (Wildman–Crippen MR) is 268 cm³/mol. The summed E-state index contributed by atoms with van der Waals surface area (Å²) in [5.41, 5.74) is 12.6. The molecule has 3 aromatic heterocycles. The third-order valence-corrected chi connectivity index (χ3v) is 13.6. The molecule has 4 aliphatic heterocycles. The van der Waals surface area contributed by atoms with Gasteiger partial charge < -0.3 is 69.8 Å². The topological polar surface area (TPSA) is 256 Å². The van der Waals surface area contributed by atoms with E-state index in [2.05, 4.69) is 34.2 Å². The Balaban J connectivity index is 1.15. The Kier molecular flexibility index (Phi) is 13.0. The van der Waals surface area contributed by atoms with Crippen molar-refractivity contribution in [2.75, 3.05) is 13.2 Å². The Bertz CT molecular complexity index is 3090. The number of aryl methyl sites for hydroxylation is 2. The van der Waals surface area contributed by atoms with Crippen LogP contribution in [0.15, 0.2) is 133 Å². The van der Waals surface area contributed by atoms with Crippen LogP contribution < -0.4 is 9.47 Å². The third-order valence-electron chi connectivity index (χ3n) is 13.6. The SMILES string of the molecule is OC[C@H]1O[C@@H](Oc2cccc(-c3c4nc(c(-c5cccc(O[C@@H]6O[C@H](CO)[C@@H](O)[C@H](O)[C@H]6O)c5)c5ccc([nH]5)c(-c5ccccc5)c5nc(c(-c6ccccc6)c6ccc3[nH]6)C=C5)CC4)c2)[C@H](O)[C@@H](O)[C@@H]1O. The Hall–Kier alpha value is -7.06. The summed E-state index contributed by atoms with van der Waals surface area (Å²) in [6.07, 6.45) is -9.69. The second kappa shape index (κ2) is 19.9. The molecule has 4 aliphatic rings. The Morgan fingerprint density at radius 3 is 1.22 bits per heavy atom. The minimum Gasteiger partial charge on any atom is -0.462 e. The van der Waals surface area contributed by atoms with Crippen LogP contribution in [0.3, 0.4) is 0 Å². The van der Waals surface area contributed by atoms with Gasteiger partial charge in [-0.2, -0.15) is 0 Å². The van der Waals surface area contributed by atoms with Crippen molar-refractivity contribution >= 4 is 34.2 Å². The van der Waals surface area contributed by atoms with Crippen LogP contribution in [0, 0.1) is 0 Å². The summed E-state index contributed by atoms with van der Waals surface area (Å²) in [6, 6.07) is 42.5. The van der Waals surface area contributed by atoms with Gasteiger partial charge in [0.05, 0.1) is 36.0 Å². The van der Waals surface area contributed by atoms with Gasteiger partial charge >= 0.3 is 0 Å². The molecule has 0 unspecified atom stereocenters. The monoisotopic (exact) mass is 972 g/mol. The number of hydrogen-bond donors (Lipinski definition) is 10. The number of hydrogen-bond acceptors (Lipinski definition) is 14. The zero-order valence-corrected chi connectivity index (χ0v) is 38.6. The molecule has 11 rings (SSSR count). The van der Waals surface area contributed by atoms with E-state index in [0.717, 1.165) is 78.2 Å². The number of rotatable bonds is 10. The Morgan fingerprint density at radius 1 is 0.431 bits per heavy atom. The molecule has 16 nitrogen and oxygen atoms in total. The average molecular weight is 973 g/mol. The fourth-order valence-electron chi connectivity index (χ4n) is 9.98. The fraction of sp³-hybridized carbons (Fsp3) is 0.250. The molecule has 0 aliphatic carbocycles. The van der Waals surface area contributed by atoms with Gasteiger partial charge in [0, 0.05) is 44.3 Å². The number of aliphatic hydroxyl groups is 8. The van der Waals surface area contributed by atoms with Gasteiger partial charge in [0.15, 0.2) is 0 Å². The molecule has 368 valence electrons. The molecule has 7 aromatic rings. The molecule has 0 saturated carbocycles. The molecule has 10 N–H and O–H groups in total. The van der Waals surface area contributed by atoms with Crippen LogP contribution >= 0.6 is 0 Å². The van der Waals surface area contributed by atoms with Crippen molar-refractivity contribution in [3.05, 3.63) is 156 Å². The number of aliphatic hydroxyl groups excluding tert-OH is 8. The van der Waals surface area contributed by atoms with Gasteiger partial charge in [-0.05, 0) is 95.8 Å². The van der Waals surface area contributed by atoms with E-state index in [9.17, 15) is 40.9 Å². The summed E-state index contributed by atoms with van der Waals surface area (Å²) in [6.45, 7) is -1.21. The summed E-state index contributed by atoms with van der Waals surface area (Å²) >= 11 is 0. The normalized spacial score (nSPS) is 25.1. The molecule has 16 heteroatoms. The maximum Gasteiger partial charge on any atom is 0.229 e. The largest absolute Gasteiger partial charge is 0.462 e. The highest BCUT2D eigenvalue weighted by atomic mass is 16.7.